The van der Waals surface area contributed by atoms with Gasteiger partial charge >= 0.3 is 0 Å². The monoisotopic (exact) mass is 621 g/mol. The second-order valence-corrected chi connectivity index (χ2v) is 13.1. The molecular formula is C29H34ClF2N5O4S. The fourth-order valence-electron chi connectivity index (χ4n) is 6.51. The van der Waals surface area contributed by atoms with Crippen LogP contribution in [0.1, 0.15) is 42.5 Å². The minimum atomic E-state index is -0.890. The molecule has 4 unspecified atom stereocenters. The predicted octanol–water partition coefficient (Wildman–Crippen LogP) is 3.30. The van der Waals surface area contributed by atoms with Crippen molar-refractivity contribution in [3.05, 3.63) is 34.7 Å². The molecule has 0 bridgehead atoms. The highest BCUT2D eigenvalue weighted by Gasteiger charge is 2.53. The van der Waals surface area contributed by atoms with Crippen LogP contribution in [-0.2, 0) is 14.3 Å². The number of alkyl halides is 1. The first-order valence-corrected chi connectivity index (χ1v) is 15.8. The Labute approximate surface area is 252 Å². The average molecular weight is 622 g/mol. The normalized spacial score (nSPS) is 26.0. The molecule has 1 N–H and O–H groups in total. The predicted molar refractivity (Wildman–Crippen MR) is 155 cm³/mol. The minimum Gasteiger partial charge on any atom is -0.366 e. The number of hydrogen-bond donors (Lipinski definition) is 1. The summed E-state index contributed by atoms with van der Waals surface area (Å²) in [6.45, 7) is 3.13. The van der Waals surface area contributed by atoms with Crippen LogP contribution in [0.2, 0.25) is 0 Å². The summed E-state index contributed by atoms with van der Waals surface area (Å²) in [5.41, 5.74) is -0.109. The standard InChI is InChI=1S/C29H34ClF2N5O4S/c1-35-9-11-36(12-10-35)29-34-23(26(32)42-29)18-8-7-17(13-20(18)31)27(39)33-22(16-5-3-2-4-6-16)28(40)37-14-19(30)25-24(37)21(38)15-41-25/h7-8,13,16,19,22,24-25H,2-6,9-12,14-15H2,1H3,(H,33,39). The summed E-state index contributed by atoms with van der Waals surface area (Å²) in [6.07, 6.45) is 3.84. The lowest BCUT2D eigenvalue weighted by atomic mass is 9.83. The topological polar surface area (TPSA) is 95.1 Å². The van der Waals surface area contributed by atoms with Gasteiger partial charge < -0.3 is 24.8 Å². The third-order valence-corrected chi connectivity index (χ3v) is 10.2. The van der Waals surface area contributed by atoms with Gasteiger partial charge in [-0.25, -0.2) is 9.37 Å². The summed E-state index contributed by atoms with van der Waals surface area (Å²) in [5.74, 6) is -2.09. The van der Waals surface area contributed by atoms with Gasteiger partial charge in [-0.05, 0) is 44.0 Å². The Hall–Kier alpha value is -2.67. The highest BCUT2D eigenvalue weighted by Crippen LogP contribution is 2.35. The number of anilines is 1. The molecule has 226 valence electrons. The van der Waals surface area contributed by atoms with Gasteiger partial charge in [0.25, 0.3) is 5.91 Å². The lowest BCUT2D eigenvalue weighted by molar-refractivity contribution is -0.139. The summed E-state index contributed by atoms with van der Waals surface area (Å²) < 4.78 is 35.8. The molecular weight excluding hydrogens is 588 g/mol. The lowest BCUT2D eigenvalue weighted by Gasteiger charge is -2.34. The van der Waals surface area contributed by atoms with Crippen molar-refractivity contribution < 1.29 is 27.9 Å². The van der Waals surface area contributed by atoms with Crippen LogP contribution in [0.4, 0.5) is 13.9 Å². The number of fused-ring (bicyclic) bond motifs is 1. The van der Waals surface area contributed by atoms with E-state index in [2.05, 4.69) is 15.2 Å². The van der Waals surface area contributed by atoms with Crippen molar-refractivity contribution in [3.63, 3.8) is 0 Å². The molecule has 9 nitrogen and oxygen atoms in total. The van der Waals surface area contributed by atoms with Crippen molar-refractivity contribution in [2.24, 2.45) is 5.92 Å². The maximum atomic E-state index is 15.4. The molecule has 4 heterocycles. The first-order valence-electron chi connectivity index (χ1n) is 14.5. The molecule has 0 spiro atoms. The fraction of sp³-hybridized carbons (Fsp3) is 0.586. The number of likely N-dealkylation sites (tertiary alicyclic amines) is 1. The van der Waals surface area contributed by atoms with Gasteiger partial charge in [-0.2, -0.15) is 4.39 Å². The van der Waals surface area contributed by atoms with Gasteiger partial charge in [0.1, 0.15) is 36.3 Å². The number of aromatic nitrogens is 1. The molecule has 0 radical (unpaired) electrons. The van der Waals surface area contributed by atoms with Gasteiger partial charge in [0, 0.05) is 43.9 Å². The Balaban J connectivity index is 1.21. The Morgan fingerprint density at radius 2 is 1.88 bits per heavy atom. The molecule has 6 rings (SSSR count). The molecule has 1 aromatic carbocycles. The zero-order valence-electron chi connectivity index (χ0n) is 23.4. The van der Waals surface area contributed by atoms with E-state index in [4.69, 9.17) is 16.3 Å². The molecule has 2 amide bonds. The molecule has 4 aliphatic rings. The quantitative estimate of drug-likeness (QED) is 0.495. The number of rotatable bonds is 6. The van der Waals surface area contributed by atoms with Crippen LogP contribution in [-0.4, -0.2) is 102 Å². The van der Waals surface area contributed by atoms with E-state index < -0.39 is 40.4 Å². The van der Waals surface area contributed by atoms with Crippen LogP contribution >= 0.6 is 22.9 Å². The molecule has 1 aromatic heterocycles. The van der Waals surface area contributed by atoms with Gasteiger partial charge in [-0.3, -0.25) is 14.4 Å². The molecule has 42 heavy (non-hydrogen) atoms. The molecule has 3 aliphatic heterocycles. The summed E-state index contributed by atoms with van der Waals surface area (Å²) in [5, 5.41) is 2.24. The van der Waals surface area contributed by atoms with E-state index in [-0.39, 0.29) is 47.6 Å². The second-order valence-electron chi connectivity index (χ2n) is 11.6. The third kappa shape index (κ3) is 5.66. The van der Waals surface area contributed by atoms with Crippen molar-refractivity contribution in [2.75, 3.05) is 51.3 Å². The van der Waals surface area contributed by atoms with Crippen molar-refractivity contribution >= 4 is 45.7 Å². The number of nitrogens with zero attached hydrogens (tertiary/aromatic N) is 4. The lowest BCUT2D eigenvalue weighted by Crippen LogP contribution is -2.55. The maximum absolute atomic E-state index is 15.4. The van der Waals surface area contributed by atoms with Crippen LogP contribution in [0.3, 0.4) is 0 Å². The van der Waals surface area contributed by atoms with E-state index in [9.17, 15) is 18.8 Å². The van der Waals surface area contributed by atoms with Gasteiger partial charge in [0.05, 0.1) is 5.38 Å². The zero-order valence-corrected chi connectivity index (χ0v) is 24.9. The summed E-state index contributed by atoms with van der Waals surface area (Å²) in [6, 6.07) is 2.17. The Morgan fingerprint density at radius 3 is 2.60 bits per heavy atom. The summed E-state index contributed by atoms with van der Waals surface area (Å²) in [7, 11) is 2.02. The second kappa shape index (κ2) is 12.1. The number of Topliss-reactive ketones (excluding diaryl/α,β-unsaturated/α-hetero) is 1. The van der Waals surface area contributed by atoms with Gasteiger partial charge in [-0.1, -0.05) is 30.6 Å². The van der Waals surface area contributed by atoms with E-state index in [1.165, 1.54) is 17.0 Å². The van der Waals surface area contributed by atoms with E-state index in [1.807, 2.05) is 11.9 Å². The number of amides is 2. The van der Waals surface area contributed by atoms with Crippen molar-refractivity contribution in [3.8, 4) is 11.3 Å². The molecule has 4 atom stereocenters. The largest absolute Gasteiger partial charge is 0.366 e. The minimum absolute atomic E-state index is 0.00887. The Morgan fingerprint density at radius 1 is 1.14 bits per heavy atom. The molecule has 1 aliphatic carbocycles. The van der Waals surface area contributed by atoms with E-state index in [1.54, 1.807) is 0 Å². The van der Waals surface area contributed by atoms with Crippen LogP contribution in [0.25, 0.3) is 11.3 Å². The smallest absolute Gasteiger partial charge is 0.252 e. The molecule has 2 aromatic rings. The number of halogens is 3. The Kier molecular flexibility index (Phi) is 8.50. The summed E-state index contributed by atoms with van der Waals surface area (Å²) >= 11 is 7.30. The number of likely N-dealkylation sites (N-methyl/N-ethyl adjacent to an activating group) is 1. The highest BCUT2D eigenvalue weighted by molar-refractivity contribution is 7.14. The van der Waals surface area contributed by atoms with Gasteiger partial charge in [0.2, 0.25) is 11.0 Å². The summed E-state index contributed by atoms with van der Waals surface area (Å²) in [4.78, 5) is 49.8. The number of piperazine rings is 1. The molecule has 13 heteroatoms. The van der Waals surface area contributed by atoms with Crippen molar-refractivity contribution in [1.29, 1.82) is 0 Å². The number of ether oxygens (including phenoxy) is 1. The number of ketones is 1. The number of hydrogen-bond acceptors (Lipinski definition) is 8. The van der Waals surface area contributed by atoms with E-state index >= 15 is 4.39 Å². The number of benzene rings is 1. The number of carbonyl (C=O) groups excluding carboxylic acids is 3. The van der Waals surface area contributed by atoms with E-state index in [0.29, 0.717) is 18.2 Å². The van der Waals surface area contributed by atoms with Gasteiger partial charge in [-0.15, -0.1) is 11.6 Å². The van der Waals surface area contributed by atoms with Crippen LogP contribution < -0.4 is 10.2 Å². The molecule has 3 saturated heterocycles. The average Bonchev–Trinajstić information content (AvgIpc) is 3.67. The first-order chi connectivity index (χ1) is 20.2. The van der Waals surface area contributed by atoms with E-state index in [0.717, 1.165) is 62.6 Å². The van der Waals surface area contributed by atoms with Crippen LogP contribution in [0.15, 0.2) is 18.2 Å². The molecule has 1 saturated carbocycles. The Bertz CT molecular complexity index is 1360. The third-order valence-electron chi connectivity index (χ3n) is 8.91. The number of carbonyl (C=O) groups is 3. The molecule has 4 fully saturated rings. The van der Waals surface area contributed by atoms with Crippen LogP contribution in [0, 0.1) is 16.9 Å². The van der Waals surface area contributed by atoms with Crippen molar-refractivity contribution in [1.82, 2.24) is 20.1 Å². The van der Waals surface area contributed by atoms with Gasteiger partial charge in [0.15, 0.2) is 10.9 Å². The highest BCUT2D eigenvalue weighted by atomic mass is 35.5. The number of nitrogens with one attached hydrogen (secondary N) is 1. The maximum Gasteiger partial charge on any atom is 0.252 e. The SMILES string of the molecule is CN1CCN(c2nc(-c3ccc(C(=O)NC(C(=O)N4CC(Cl)C5OCC(=O)C54)C4CCCCC4)cc3F)c(F)s2)CC1. The van der Waals surface area contributed by atoms with Crippen LogP contribution in [0.5, 0.6) is 0 Å². The fourth-order valence-corrected chi connectivity index (χ4v) is 7.73. The number of thiazole rings is 1. The first kappa shape index (κ1) is 29.4. The zero-order chi connectivity index (χ0) is 29.5. The van der Waals surface area contributed by atoms with Crippen molar-refractivity contribution in [2.45, 2.75) is 55.7 Å².